The second-order valence-corrected chi connectivity index (χ2v) is 9.73. The van der Waals surface area contributed by atoms with Gasteiger partial charge in [0.25, 0.3) is 0 Å². The van der Waals surface area contributed by atoms with Crippen LogP contribution in [-0.4, -0.2) is 5.91 Å². The van der Waals surface area contributed by atoms with Crippen molar-refractivity contribution < 1.29 is 9.18 Å². The lowest BCUT2D eigenvalue weighted by Crippen LogP contribution is -2.47. The first-order valence-electron chi connectivity index (χ1n) is 11.6. The van der Waals surface area contributed by atoms with Gasteiger partial charge in [-0.1, -0.05) is 76.4 Å². The van der Waals surface area contributed by atoms with Crippen LogP contribution >= 0.6 is 0 Å². The Hall–Kier alpha value is -3.34. The summed E-state index contributed by atoms with van der Waals surface area (Å²) in [5.41, 5.74) is 1.65. The summed E-state index contributed by atoms with van der Waals surface area (Å²) in [5.74, 6) is -0.320. The first-order chi connectivity index (χ1) is 16.1. The predicted molar refractivity (Wildman–Crippen MR) is 136 cm³/mol. The second-order valence-electron chi connectivity index (χ2n) is 9.73. The number of halogens is 1. The highest BCUT2D eigenvalue weighted by Crippen LogP contribution is 2.58. The van der Waals surface area contributed by atoms with E-state index >= 15 is 0 Å². The number of carbonyl (C=O) groups excluding carboxylic acids is 1. The second kappa shape index (κ2) is 10.3. The van der Waals surface area contributed by atoms with E-state index in [0.29, 0.717) is 11.3 Å². The van der Waals surface area contributed by atoms with Crippen LogP contribution in [0.5, 0.6) is 0 Å². The fourth-order valence-corrected chi connectivity index (χ4v) is 4.95. The summed E-state index contributed by atoms with van der Waals surface area (Å²) in [6.07, 6.45) is 4.63. The van der Waals surface area contributed by atoms with Gasteiger partial charge in [0.15, 0.2) is 0 Å². The highest BCUT2D eigenvalue weighted by Gasteiger charge is 2.56. The fraction of sp³-hybridized carbons (Fsp3) is 0.345. The van der Waals surface area contributed by atoms with Crippen LogP contribution in [0.15, 0.2) is 95.8 Å². The van der Waals surface area contributed by atoms with Crippen LogP contribution in [0.2, 0.25) is 0 Å². The summed E-state index contributed by atoms with van der Waals surface area (Å²) >= 11 is 0. The Kier molecular flexibility index (Phi) is 7.65. The van der Waals surface area contributed by atoms with E-state index in [1.54, 1.807) is 24.3 Å². The Labute approximate surface area is 202 Å². The molecule has 1 N–H and O–H groups in total. The summed E-state index contributed by atoms with van der Waals surface area (Å²) < 4.78 is 14.5. The molecule has 0 saturated heterocycles. The average molecular weight is 460 g/mol. The van der Waals surface area contributed by atoms with Gasteiger partial charge >= 0.3 is 0 Å². The molecule has 2 aromatic carbocycles. The van der Waals surface area contributed by atoms with Crippen LogP contribution in [0, 0.1) is 22.6 Å². The van der Waals surface area contributed by atoms with Gasteiger partial charge in [-0.25, -0.2) is 4.39 Å². The number of benzene rings is 2. The van der Waals surface area contributed by atoms with E-state index in [9.17, 15) is 9.18 Å². The first-order valence-corrected chi connectivity index (χ1v) is 11.6. The van der Waals surface area contributed by atoms with Crippen molar-refractivity contribution in [3.8, 4) is 0 Å². The van der Waals surface area contributed by atoms with Crippen molar-refractivity contribution in [2.75, 3.05) is 0 Å². The van der Waals surface area contributed by atoms with Gasteiger partial charge in [0.05, 0.1) is 17.2 Å². The third-order valence-corrected chi connectivity index (χ3v) is 7.54. The zero-order valence-corrected chi connectivity index (χ0v) is 20.5. The zero-order chi connectivity index (χ0) is 24.9. The number of azo groups is 1. The first kappa shape index (κ1) is 25.3. The molecule has 178 valence electrons. The summed E-state index contributed by atoms with van der Waals surface area (Å²) in [4.78, 5) is 13.5. The molecule has 0 heterocycles. The van der Waals surface area contributed by atoms with Crippen LogP contribution in [0.25, 0.3) is 5.70 Å². The Morgan fingerprint density at radius 1 is 1.15 bits per heavy atom. The van der Waals surface area contributed by atoms with E-state index in [0.717, 1.165) is 24.0 Å². The SMILES string of the molecule is C=CN=N/C(=C\C(=C)[C@@H]1CCC(C)(C(=O)NC(C)c2ccccc2)C1(C)C)c1ccccc1F. The summed E-state index contributed by atoms with van der Waals surface area (Å²) in [7, 11) is 0. The number of amides is 1. The number of carbonyl (C=O) groups is 1. The molecule has 1 aliphatic rings. The Morgan fingerprint density at radius 3 is 2.44 bits per heavy atom. The monoisotopic (exact) mass is 459 g/mol. The largest absolute Gasteiger partial charge is 0.349 e. The standard InChI is InChI=1S/C29H34FN3O/c1-7-31-33-26(23-15-11-12-16-25(23)30)19-20(2)24-17-18-29(6,28(24,4)5)27(34)32-21(3)22-13-9-8-10-14-22/h7-16,19,21,24H,1-2,17-18H2,3-6H3,(H,32,34)/b26-19-,33-31?/t21?,24-,29?/m0/s1. The molecule has 3 atom stereocenters. The molecule has 0 radical (unpaired) electrons. The number of nitrogens with one attached hydrogen (secondary N) is 1. The van der Waals surface area contributed by atoms with Gasteiger partial charge in [-0.2, -0.15) is 10.2 Å². The van der Waals surface area contributed by atoms with E-state index in [1.807, 2.05) is 44.2 Å². The number of allylic oxidation sites excluding steroid dienone is 2. The highest BCUT2D eigenvalue weighted by atomic mass is 19.1. The van der Waals surface area contributed by atoms with Crippen molar-refractivity contribution >= 4 is 11.6 Å². The summed E-state index contributed by atoms with van der Waals surface area (Å²) in [5, 5.41) is 11.3. The molecular formula is C29H34FN3O. The maximum absolute atomic E-state index is 14.5. The molecule has 0 aliphatic heterocycles. The van der Waals surface area contributed by atoms with Crippen LogP contribution in [-0.2, 0) is 4.79 Å². The van der Waals surface area contributed by atoms with Gasteiger partial charge in [0.2, 0.25) is 5.91 Å². The molecule has 2 unspecified atom stereocenters. The molecule has 1 saturated carbocycles. The van der Waals surface area contributed by atoms with Crippen molar-refractivity contribution in [3.63, 3.8) is 0 Å². The molecule has 3 rings (SSSR count). The molecule has 4 nitrogen and oxygen atoms in total. The molecule has 2 aromatic rings. The number of hydrogen-bond donors (Lipinski definition) is 1. The van der Waals surface area contributed by atoms with Crippen LogP contribution in [0.3, 0.4) is 0 Å². The van der Waals surface area contributed by atoms with Gasteiger partial charge in [0.1, 0.15) is 5.82 Å². The average Bonchev–Trinajstić information content (AvgIpc) is 3.07. The summed E-state index contributed by atoms with van der Waals surface area (Å²) in [6.45, 7) is 16.1. The van der Waals surface area contributed by atoms with Gasteiger partial charge in [-0.05, 0) is 60.4 Å². The predicted octanol–water partition coefficient (Wildman–Crippen LogP) is 7.64. The maximum atomic E-state index is 14.5. The number of rotatable bonds is 8. The third-order valence-electron chi connectivity index (χ3n) is 7.54. The molecule has 1 aliphatic carbocycles. The van der Waals surface area contributed by atoms with Crippen LogP contribution in [0.4, 0.5) is 4.39 Å². The topological polar surface area (TPSA) is 53.8 Å². The van der Waals surface area contributed by atoms with Gasteiger partial charge in [-0.3, -0.25) is 4.79 Å². The lowest BCUT2D eigenvalue weighted by atomic mass is 9.63. The minimum absolute atomic E-state index is 0.0241. The van der Waals surface area contributed by atoms with Crippen LogP contribution < -0.4 is 5.32 Å². The molecule has 1 fully saturated rings. The van der Waals surface area contributed by atoms with E-state index in [4.69, 9.17) is 0 Å². The van der Waals surface area contributed by atoms with E-state index in [2.05, 4.69) is 42.6 Å². The minimum atomic E-state index is -0.585. The van der Waals surface area contributed by atoms with Crippen molar-refractivity contribution in [2.45, 2.75) is 46.6 Å². The van der Waals surface area contributed by atoms with Gasteiger partial charge < -0.3 is 5.32 Å². The molecule has 1 amide bonds. The molecule has 5 heteroatoms. The zero-order valence-electron chi connectivity index (χ0n) is 20.5. The van der Waals surface area contributed by atoms with Gasteiger partial charge in [-0.15, -0.1) is 0 Å². The highest BCUT2D eigenvalue weighted by molar-refractivity contribution is 5.84. The van der Waals surface area contributed by atoms with E-state index in [1.165, 1.54) is 12.3 Å². The van der Waals surface area contributed by atoms with Crippen molar-refractivity contribution in [3.05, 3.63) is 103 Å². The molecule has 0 spiro atoms. The lowest BCUT2D eigenvalue weighted by Gasteiger charge is -2.41. The van der Waals surface area contributed by atoms with E-state index < -0.39 is 5.41 Å². The lowest BCUT2D eigenvalue weighted by molar-refractivity contribution is -0.136. The Bertz CT molecular complexity index is 1120. The minimum Gasteiger partial charge on any atom is -0.349 e. The number of hydrogen-bond acceptors (Lipinski definition) is 3. The van der Waals surface area contributed by atoms with Crippen LogP contribution in [0.1, 0.15) is 57.7 Å². The maximum Gasteiger partial charge on any atom is 0.226 e. The normalized spacial score (nSPS) is 23.0. The van der Waals surface area contributed by atoms with Gasteiger partial charge in [0, 0.05) is 11.8 Å². The smallest absolute Gasteiger partial charge is 0.226 e. The molecule has 0 aromatic heterocycles. The van der Waals surface area contributed by atoms with Crippen molar-refractivity contribution in [2.24, 2.45) is 27.0 Å². The Balaban J connectivity index is 1.86. The molecule has 34 heavy (non-hydrogen) atoms. The molecular weight excluding hydrogens is 425 g/mol. The number of nitrogens with zero attached hydrogens (tertiary/aromatic N) is 2. The fourth-order valence-electron chi connectivity index (χ4n) is 4.95. The summed E-state index contributed by atoms with van der Waals surface area (Å²) in [6, 6.07) is 16.3. The van der Waals surface area contributed by atoms with Crippen molar-refractivity contribution in [1.82, 2.24) is 5.32 Å². The van der Waals surface area contributed by atoms with Crippen molar-refractivity contribution in [1.29, 1.82) is 0 Å². The van der Waals surface area contributed by atoms with E-state index in [-0.39, 0.29) is 29.1 Å². The third kappa shape index (κ3) is 4.93. The molecule has 0 bridgehead atoms. The quantitative estimate of drug-likeness (QED) is 0.320. The Morgan fingerprint density at radius 2 is 1.79 bits per heavy atom.